The molecule has 1 unspecified atom stereocenters. The van der Waals surface area contributed by atoms with Crippen LogP contribution in [-0.2, 0) is 9.59 Å². The van der Waals surface area contributed by atoms with E-state index < -0.39 is 0 Å². The lowest BCUT2D eigenvalue weighted by atomic mass is 9.88. The molecule has 1 fully saturated rings. The van der Waals surface area contributed by atoms with Crippen molar-refractivity contribution >= 4 is 11.8 Å². The van der Waals surface area contributed by atoms with Crippen LogP contribution in [0.15, 0.2) is 0 Å². The number of aliphatic hydroxyl groups excluding tert-OH is 1. The summed E-state index contributed by atoms with van der Waals surface area (Å²) in [6.07, 6.45) is 23.1. The second-order valence-corrected chi connectivity index (χ2v) is 10.6. The standard InChI is InChI=1S/C29H56N2O3/c1-3-5-7-9-10-12-14-20-25(19-13-11-8-6-4-2)29(34)31-27-22-16-15-21-26(27)30-28(33)23-17-18-24-32/h25-27,32H,3-24H2,1-2H3,(H,30,33)(H,31,34)/t25?,26-,27-/m1/s1. The Kier molecular flexibility index (Phi) is 19.3. The molecule has 0 bridgehead atoms. The molecule has 3 atom stereocenters. The molecular weight excluding hydrogens is 424 g/mol. The lowest BCUT2D eigenvalue weighted by molar-refractivity contribution is -0.128. The summed E-state index contributed by atoms with van der Waals surface area (Å²) in [7, 11) is 0. The first-order valence-electron chi connectivity index (χ1n) is 14.8. The highest BCUT2D eigenvalue weighted by molar-refractivity contribution is 5.79. The number of carbonyl (C=O) groups excluding carboxylic acids is 2. The average Bonchev–Trinajstić information content (AvgIpc) is 2.83. The number of nitrogens with one attached hydrogen (secondary N) is 2. The van der Waals surface area contributed by atoms with Crippen LogP contribution in [0.1, 0.15) is 149 Å². The second-order valence-electron chi connectivity index (χ2n) is 10.6. The minimum Gasteiger partial charge on any atom is -0.396 e. The van der Waals surface area contributed by atoms with Crippen molar-refractivity contribution in [3.63, 3.8) is 0 Å². The van der Waals surface area contributed by atoms with E-state index in [9.17, 15) is 9.59 Å². The topological polar surface area (TPSA) is 78.4 Å². The molecule has 0 radical (unpaired) electrons. The van der Waals surface area contributed by atoms with Crippen LogP contribution in [-0.4, -0.2) is 35.6 Å². The van der Waals surface area contributed by atoms with Crippen LogP contribution < -0.4 is 10.6 Å². The van der Waals surface area contributed by atoms with E-state index in [0.717, 1.165) is 51.4 Å². The normalized spacial score (nSPS) is 19.0. The number of rotatable bonds is 21. The van der Waals surface area contributed by atoms with Crippen molar-refractivity contribution in [2.75, 3.05) is 6.61 Å². The predicted molar refractivity (Wildman–Crippen MR) is 143 cm³/mol. The summed E-state index contributed by atoms with van der Waals surface area (Å²) in [5, 5.41) is 15.5. The van der Waals surface area contributed by atoms with Crippen molar-refractivity contribution in [3.8, 4) is 0 Å². The maximum absolute atomic E-state index is 13.3. The van der Waals surface area contributed by atoms with Crippen molar-refractivity contribution in [1.29, 1.82) is 0 Å². The van der Waals surface area contributed by atoms with Gasteiger partial charge in [-0.25, -0.2) is 0 Å². The molecule has 0 saturated heterocycles. The van der Waals surface area contributed by atoms with Crippen LogP contribution in [0.4, 0.5) is 0 Å². The van der Waals surface area contributed by atoms with Crippen molar-refractivity contribution in [3.05, 3.63) is 0 Å². The second kappa shape index (κ2) is 21.2. The first-order chi connectivity index (χ1) is 16.6. The molecule has 2 amide bonds. The molecule has 0 heterocycles. The zero-order valence-electron chi connectivity index (χ0n) is 22.6. The number of aliphatic hydroxyl groups is 1. The van der Waals surface area contributed by atoms with Crippen molar-refractivity contribution in [2.45, 2.75) is 161 Å². The van der Waals surface area contributed by atoms with E-state index in [-0.39, 0.29) is 36.4 Å². The van der Waals surface area contributed by atoms with E-state index >= 15 is 0 Å². The number of amides is 2. The number of carbonyl (C=O) groups is 2. The van der Waals surface area contributed by atoms with Crippen molar-refractivity contribution in [2.24, 2.45) is 5.92 Å². The summed E-state index contributed by atoms with van der Waals surface area (Å²) in [6, 6.07) is 0.0998. The highest BCUT2D eigenvalue weighted by Crippen LogP contribution is 2.23. The third kappa shape index (κ3) is 15.0. The quantitative estimate of drug-likeness (QED) is 0.158. The van der Waals surface area contributed by atoms with E-state index in [1.807, 2.05) is 0 Å². The molecule has 5 nitrogen and oxygen atoms in total. The lowest BCUT2D eigenvalue weighted by Crippen LogP contribution is -2.54. The molecule has 1 rings (SSSR count). The monoisotopic (exact) mass is 480 g/mol. The zero-order valence-corrected chi connectivity index (χ0v) is 22.6. The van der Waals surface area contributed by atoms with Gasteiger partial charge >= 0.3 is 0 Å². The van der Waals surface area contributed by atoms with Gasteiger partial charge in [0.2, 0.25) is 11.8 Å². The Bertz CT molecular complexity index is 512. The molecule has 3 N–H and O–H groups in total. The Balaban J connectivity index is 2.54. The van der Waals surface area contributed by atoms with Gasteiger partial charge in [0, 0.05) is 31.0 Å². The third-order valence-electron chi connectivity index (χ3n) is 7.44. The molecule has 0 aromatic carbocycles. The van der Waals surface area contributed by atoms with Gasteiger partial charge in [-0.15, -0.1) is 0 Å². The van der Waals surface area contributed by atoms with Crippen LogP contribution in [0, 0.1) is 5.92 Å². The fourth-order valence-corrected chi connectivity index (χ4v) is 5.20. The van der Waals surface area contributed by atoms with Gasteiger partial charge in [-0.05, 0) is 38.5 Å². The van der Waals surface area contributed by atoms with E-state index in [4.69, 9.17) is 5.11 Å². The largest absolute Gasteiger partial charge is 0.396 e. The Morgan fingerprint density at radius 1 is 0.706 bits per heavy atom. The summed E-state index contributed by atoms with van der Waals surface area (Å²) in [4.78, 5) is 25.7. The van der Waals surface area contributed by atoms with Gasteiger partial charge in [-0.2, -0.15) is 0 Å². The summed E-state index contributed by atoms with van der Waals surface area (Å²) in [5.41, 5.74) is 0. The first-order valence-corrected chi connectivity index (χ1v) is 14.8. The van der Waals surface area contributed by atoms with Crippen LogP contribution in [0.25, 0.3) is 0 Å². The highest BCUT2D eigenvalue weighted by atomic mass is 16.3. The predicted octanol–water partition coefficient (Wildman–Crippen LogP) is 6.81. The molecule has 1 saturated carbocycles. The SMILES string of the molecule is CCCCCCCCCC(CCCCCCC)C(=O)N[C@@H]1CCCC[C@H]1NC(=O)CCCCO. The summed E-state index contributed by atoms with van der Waals surface area (Å²) < 4.78 is 0. The van der Waals surface area contributed by atoms with Crippen LogP contribution in [0.3, 0.4) is 0 Å². The fraction of sp³-hybridized carbons (Fsp3) is 0.931. The van der Waals surface area contributed by atoms with Crippen molar-refractivity contribution in [1.82, 2.24) is 10.6 Å². The van der Waals surface area contributed by atoms with Gasteiger partial charge in [0.25, 0.3) is 0 Å². The molecule has 0 spiro atoms. The maximum atomic E-state index is 13.3. The van der Waals surface area contributed by atoms with Crippen LogP contribution in [0.5, 0.6) is 0 Å². The van der Waals surface area contributed by atoms with Gasteiger partial charge in [0.1, 0.15) is 0 Å². The summed E-state index contributed by atoms with van der Waals surface area (Å²) in [6.45, 7) is 4.63. The minimum absolute atomic E-state index is 0.0445. The van der Waals surface area contributed by atoms with E-state index in [1.165, 1.54) is 64.2 Å². The smallest absolute Gasteiger partial charge is 0.223 e. The van der Waals surface area contributed by atoms with Crippen LogP contribution in [0.2, 0.25) is 0 Å². The van der Waals surface area contributed by atoms with Crippen molar-refractivity contribution < 1.29 is 14.7 Å². The maximum Gasteiger partial charge on any atom is 0.223 e. The summed E-state index contributed by atoms with van der Waals surface area (Å²) in [5.74, 6) is 0.378. The molecule has 1 aliphatic carbocycles. The molecule has 1 aliphatic rings. The van der Waals surface area contributed by atoms with E-state index in [1.54, 1.807) is 0 Å². The van der Waals surface area contributed by atoms with Gasteiger partial charge in [-0.1, -0.05) is 104 Å². The molecule has 0 aliphatic heterocycles. The average molecular weight is 481 g/mol. The Labute approximate surface area is 210 Å². The molecule has 0 aromatic rings. The third-order valence-corrected chi connectivity index (χ3v) is 7.44. The van der Waals surface area contributed by atoms with Gasteiger partial charge in [-0.3, -0.25) is 9.59 Å². The number of unbranched alkanes of at least 4 members (excludes halogenated alkanes) is 11. The lowest BCUT2D eigenvalue weighted by Gasteiger charge is -2.34. The molecule has 200 valence electrons. The first kappa shape index (κ1) is 30.9. The molecule has 0 aromatic heterocycles. The summed E-state index contributed by atoms with van der Waals surface area (Å²) >= 11 is 0. The number of hydrogen-bond donors (Lipinski definition) is 3. The van der Waals surface area contributed by atoms with Gasteiger partial charge in [0.05, 0.1) is 0 Å². The van der Waals surface area contributed by atoms with E-state index in [2.05, 4.69) is 24.5 Å². The highest BCUT2D eigenvalue weighted by Gasteiger charge is 2.29. The van der Waals surface area contributed by atoms with Gasteiger partial charge in [0.15, 0.2) is 0 Å². The Morgan fingerprint density at radius 3 is 1.74 bits per heavy atom. The molecule has 34 heavy (non-hydrogen) atoms. The Morgan fingerprint density at radius 2 is 1.21 bits per heavy atom. The minimum atomic E-state index is 0.0445. The zero-order chi connectivity index (χ0) is 24.9. The van der Waals surface area contributed by atoms with Gasteiger partial charge < -0.3 is 15.7 Å². The number of hydrogen-bond acceptors (Lipinski definition) is 3. The van der Waals surface area contributed by atoms with Crippen LogP contribution >= 0.6 is 0 Å². The molecule has 5 heteroatoms. The fourth-order valence-electron chi connectivity index (χ4n) is 5.20. The van der Waals surface area contributed by atoms with E-state index in [0.29, 0.717) is 19.3 Å². The Hall–Kier alpha value is -1.10. The molecular formula is C29H56N2O3.